The van der Waals surface area contributed by atoms with E-state index < -0.39 is 0 Å². The maximum absolute atomic E-state index is 12.5. The smallest absolute Gasteiger partial charge is 0.196 e. The number of nitrogens with zero attached hydrogens (tertiary/aromatic N) is 2. The van der Waals surface area contributed by atoms with Crippen molar-refractivity contribution in [3.05, 3.63) is 82.1 Å². The topological polar surface area (TPSA) is 34.9 Å². The standard InChI is InChI=1S/C17H13BrN2O/c1-12-7-13(9-15(18)8-12)17(21)14-10-19-20(11-14)16-5-3-2-4-6-16/h2-11H,1H3. The van der Waals surface area contributed by atoms with E-state index in [9.17, 15) is 4.79 Å². The summed E-state index contributed by atoms with van der Waals surface area (Å²) in [5.41, 5.74) is 3.22. The zero-order chi connectivity index (χ0) is 14.8. The third-order valence-corrected chi connectivity index (χ3v) is 3.63. The molecular weight excluding hydrogens is 328 g/mol. The Morgan fingerprint density at radius 2 is 1.86 bits per heavy atom. The predicted molar refractivity (Wildman–Crippen MR) is 85.9 cm³/mol. The van der Waals surface area contributed by atoms with Crippen LogP contribution in [0.15, 0.2) is 65.4 Å². The summed E-state index contributed by atoms with van der Waals surface area (Å²) in [5.74, 6) is -0.0263. The zero-order valence-corrected chi connectivity index (χ0v) is 13.0. The minimum atomic E-state index is -0.0263. The Kier molecular flexibility index (Phi) is 3.71. The molecule has 0 atom stereocenters. The van der Waals surface area contributed by atoms with Crippen LogP contribution in [0, 0.1) is 6.92 Å². The van der Waals surface area contributed by atoms with Gasteiger partial charge in [0.25, 0.3) is 0 Å². The first-order chi connectivity index (χ1) is 10.1. The van der Waals surface area contributed by atoms with Crippen LogP contribution >= 0.6 is 15.9 Å². The van der Waals surface area contributed by atoms with E-state index in [1.54, 1.807) is 17.1 Å². The highest BCUT2D eigenvalue weighted by Crippen LogP contribution is 2.18. The Balaban J connectivity index is 1.94. The molecule has 3 aromatic rings. The summed E-state index contributed by atoms with van der Waals surface area (Å²) >= 11 is 3.42. The van der Waals surface area contributed by atoms with Gasteiger partial charge in [0.15, 0.2) is 5.78 Å². The molecule has 104 valence electrons. The van der Waals surface area contributed by atoms with E-state index in [4.69, 9.17) is 0 Å². The normalized spacial score (nSPS) is 10.6. The van der Waals surface area contributed by atoms with Crippen LogP contribution in [-0.2, 0) is 0 Å². The van der Waals surface area contributed by atoms with Crippen molar-refractivity contribution >= 4 is 21.7 Å². The van der Waals surface area contributed by atoms with Crippen molar-refractivity contribution in [1.82, 2.24) is 9.78 Å². The molecule has 0 amide bonds. The molecule has 0 bridgehead atoms. The number of carbonyl (C=O) groups is 1. The summed E-state index contributed by atoms with van der Waals surface area (Å²) in [6.07, 6.45) is 3.36. The Morgan fingerprint density at radius 1 is 1.10 bits per heavy atom. The van der Waals surface area contributed by atoms with E-state index in [-0.39, 0.29) is 5.78 Å². The highest BCUT2D eigenvalue weighted by atomic mass is 79.9. The fourth-order valence-electron chi connectivity index (χ4n) is 2.20. The highest BCUT2D eigenvalue weighted by Gasteiger charge is 2.13. The van der Waals surface area contributed by atoms with Gasteiger partial charge >= 0.3 is 0 Å². The highest BCUT2D eigenvalue weighted by molar-refractivity contribution is 9.10. The van der Waals surface area contributed by atoms with Crippen molar-refractivity contribution in [2.24, 2.45) is 0 Å². The second-order valence-corrected chi connectivity index (χ2v) is 5.77. The monoisotopic (exact) mass is 340 g/mol. The lowest BCUT2D eigenvalue weighted by atomic mass is 10.0. The van der Waals surface area contributed by atoms with Crippen LogP contribution in [0.5, 0.6) is 0 Å². The molecule has 0 fully saturated rings. The van der Waals surface area contributed by atoms with E-state index in [1.165, 1.54) is 0 Å². The number of benzene rings is 2. The number of rotatable bonds is 3. The second kappa shape index (κ2) is 5.66. The largest absolute Gasteiger partial charge is 0.288 e. The molecule has 4 heteroatoms. The van der Waals surface area contributed by atoms with Gasteiger partial charge in [-0.1, -0.05) is 34.1 Å². The van der Waals surface area contributed by atoms with Crippen LogP contribution < -0.4 is 0 Å². The van der Waals surface area contributed by atoms with Gasteiger partial charge < -0.3 is 0 Å². The fourth-order valence-corrected chi connectivity index (χ4v) is 2.80. The number of hydrogen-bond acceptors (Lipinski definition) is 2. The number of halogens is 1. The molecule has 21 heavy (non-hydrogen) atoms. The maximum Gasteiger partial charge on any atom is 0.196 e. The van der Waals surface area contributed by atoms with E-state index in [0.29, 0.717) is 11.1 Å². The SMILES string of the molecule is Cc1cc(Br)cc(C(=O)c2cnn(-c3ccccc3)c2)c1. The summed E-state index contributed by atoms with van der Waals surface area (Å²) in [6, 6.07) is 15.4. The van der Waals surface area contributed by atoms with Gasteiger partial charge in [0.1, 0.15) is 0 Å². The van der Waals surface area contributed by atoms with Gasteiger partial charge in [0, 0.05) is 16.2 Å². The summed E-state index contributed by atoms with van der Waals surface area (Å²) in [4.78, 5) is 12.5. The first-order valence-corrected chi connectivity index (χ1v) is 7.35. The molecule has 1 heterocycles. The van der Waals surface area contributed by atoms with E-state index in [0.717, 1.165) is 15.7 Å². The van der Waals surface area contributed by atoms with Crippen LogP contribution in [0.25, 0.3) is 5.69 Å². The molecule has 0 aliphatic heterocycles. The van der Waals surface area contributed by atoms with Crippen LogP contribution in [0.4, 0.5) is 0 Å². The third-order valence-electron chi connectivity index (χ3n) is 3.17. The van der Waals surface area contributed by atoms with Gasteiger partial charge in [0.2, 0.25) is 0 Å². The first-order valence-electron chi connectivity index (χ1n) is 6.55. The number of para-hydroxylation sites is 1. The number of aromatic nitrogens is 2. The first kappa shape index (κ1) is 13.8. The number of ketones is 1. The van der Waals surface area contributed by atoms with Gasteiger partial charge in [-0.3, -0.25) is 4.79 Å². The number of hydrogen-bond donors (Lipinski definition) is 0. The second-order valence-electron chi connectivity index (χ2n) is 4.86. The average Bonchev–Trinajstić information content (AvgIpc) is 2.96. The molecule has 0 aliphatic carbocycles. The van der Waals surface area contributed by atoms with Crippen LogP contribution in [0.2, 0.25) is 0 Å². The molecule has 1 aromatic heterocycles. The van der Waals surface area contributed by atoms with Gasteiger partial charge in [-0.15, -0.1) is 0 Å². The molecule has 0 N–H and O–H groups in total. The summed E-state index contributed by atoms with van der Waals surface area (Å²) < 4.78 is 2.61. The van der Waals surface area contributed by atoms with Crippen molar-refractivity contribution in [3.8, 4) is 5.69 Å². The minimum Gasteiger partial charge on any atom is -0.288 e. The molecular formula is C17H13BrN2O. The average molecular weight is 341 g/mol. The Bertz CT molecular complexity index is 773. The molecule has 0 radical (unpaired) electrons. The molecule has 0 aliphatic rings. The van der Waals surface area contributed by atoms with Crippen molar-refractivity contribution in [2.75, 3.05) is 0 Å². The van der Waals surface area contributed by atoms with Gasteiger partial charge in [-0.2, -0.15) is 5.10 Å². The summed E-state index contributed by atoms with van der Waals surface area (Å²) in [5, 5.41) is 4.26. The minimum absolute atomic E-state index is 0.0263. The lowest BCUT2D eigenvalue weighted by Gasteiger charge is -2.02. The van der Waals surface area contributed by atoms with Crippen molar-refractivity contribution < 1.29 is 4.79 Å². The number of aryl methyl sites for hydroxylation is 1. The lowest BCUT2D eigenvalue weighted by molar-refractivity contribution is 0.103. The Morgan fingerprint density at radius 3 is 2.57 bits per heavy atom. The predicted octanol–water partition coefficient (Wildman–Crippen LogP) is 4.17. The quantitative estimate of drug-likeness (QED) is 0.670. The Hall–Kier alpha value is -2.20. The van der Waals surface area contributed by atoms with Crippen LogP contribution in [-0.4, -0.2) is 15.6 Å². The van der Waals surface area contributed by atoms with Gasteiger partial charge in [-0.25, -0.2) is 4.68 Å². The molecule has 2 aromatic carbocycles. The van der Waals surface area contributed by atoms with Crippen LogP contribution in [0.1, 0.15) is 21.5 Å². The maximum atomic E-state index is 12.5. The Labute approximate surface area is 131 Å². The molecule has 3 nitrogen and oxygen atoms in total. The molecule has 3 rings (SSSR count). The molecule has 0 spiro atoms. The van der Waals surface area contributed by atoms with Gasteiger partial charge in [-0.05, 0) is 42.8 Å². The number of carbonyl (C=O) groups excluding carboxylic acids is 1. The fraction of sp³-hybridized carbons (Fsp3) is 0.0588. The molecule has 0 saturated heterocycles. The van der Waals surface area contributed by atoms with Crippen LogP contribution in [0.3, 0.4) is 0 Å². The van der Waals surface area contributed by atoms with Crippen molar-refractivity contribution in [3.63, 3.8) is 0 Å². The van der Waals surface area contributed by atoms with Gasteiger partial charge in [0.05, 0.1) is 17.4 Å². The van der Waals surface area contributed by atoms with E-state index in [1.807, 2.05) is 55.5 Å². The van der Waals surface area contributed by atoms with Crippen molar-refractivity contribution in [1.29, 1.82) is 0 Å². The third kappa shape index (κ3) is 2.95. The molecule has 0 saturated carbocycles. The summed E-state index contributed by atoms with van der Waals surface area (Å²) in [6.45, 7) is 1.97. The van der Waals surface area contributed by atoms with E-state index in [2.05, 4.69) is 21.0 Å². The summed E-state index contributed by atoms with van der Waals surface area (Å²) in [7, 11) is 0. The molecule has 0 unspecified atom stereocenters. The zero-order valence-electron chi connectivity index (χ0n) is 11.5. The van der Waals surface area contributed by atoms with Crippen molar-refractivity contribution in [2.45, 2.75) is 6.92 Å². The lowest BCUT2D eigenvalue weighted by Crippen LogP contribution is -2.00. The van der Waals surface area contributed by atoms with E-state index >= 15 is 0 Å².